The summed E-state index contributed by atoms with van der Waals surface area (Å²) in [5.74, 6) is 0.302. The molecular formula is C15H18FNOS. The molecule has 0 fully saturated rings. The first kappa shape index (κ1) is 14.0. The predicted molar refractivity (Wildman–Crippen MR) is 77.3 cm³/mol. The summed E-state index contributed by atoms with van der Waals surface area (Å²) >= 11 is 1.70. The molecule has 0 bridgehead atoms. The predicted octanol–water partition coefficient (Wildman–Crippen LogP) is 3.40. The van der Waals surface area contributed by atoms with Crippen LogP contribution in [0.15, 0.2) is 35.7 Å². The molecule has 0 radical (unpaired) electrons. The van der Waals surface area contributed by atoms with Crippen molar-refractivity contribution >= 4 is 11.3 Å². The molecule has 2 nitrogen and oxygen atoms in total. The Labute approximate surface area is 117 Å². The fourth-order valence-corrected chi connectivity index (χ4v) is 2.61. The molecule has 2 aromatic rings. The first-order chi connectivity index (χ1) is 9.13. The number of rotatable bonds is 6. The number of ether oxygens (including phenoxy) is 1. The summed E-state index contributed by atoms with van der Waals surface area (Å²) in [6.45, 7) is 2.46. The minimum absolute atomic E-state index is 0.0146. The Balaban J connectivity index is 1.93. The molecule has 0 aliphatic rings. The third-order valence-corrected chi connectivity index (χ3v) is 3.62. The zero-order valence-corrected chi connectivity index (χ0v) is 11.8. The molecule has 102 valence electrons. The topological polar surface area (TPSA) is 35.2 Å². The van der Waals surface area contributed by atoms with Gasteiger partial charge in [-0.2, -0.15) is 0 Å². The summed E-state index contributed by atoms with van der Waals surface area (Å²) in [5.41, 5.74) is 6.60. The van der Waals surface area contributed by atoms with E-state index in [1.54, 1.807) is 11.3 Å². The maximum Gasteiger partial charge on any atom is 0.127 e. The van der Waals surface area contributed by atoms with Crippen molar-refractivity contribution in [2.24, 2.45) is 5.73 Å². The van der Waals surface area contributed by atoms with Crippen molar-refractivity contribution < 1.29 is 9.13 Å². The van der Waals surface area contributed by atoms with Crippen molar-refractivity contribution in [3.05, 3.63) is 52.0 Å². The Morgan fingerprint density at radius 2 is 2.21 bits per heavy atom. The van der Waals surface area contributed by atoms with Gasteiger partial charge in [0.05, 0.1) is 6.61 Å². The van der Waals surface area contributed by atoms with Crippen molar-refractivity contribution in [2.75, 3.05) is 6.61 Å². The quantitative estimate of drug-likeness (QED) is 0.879. The molecule has 2 N–H and O–H groups in total. The van der Waals surface area contributed by atoms with Crippen LogP contribution in [0, 0.1) is 5.82 Å². The van der Waals surface area contributed by atoms with Gasteiger partial charge in [-0.25, -0.2) is 4.39 Å². The van der Waals surface area contributed by atoms with Crippen LogP contribution in [0.25, 0.3) is 0 Å². The second kappa shape index (κ2) is 6.68. The molecular weight excluding hydrogens is 261 g/mol. The van der Waals surface area contributed by atoms with Gasteiger partial charge < -0.3 is 10.5 Å². The van der Waals surface area contributed by atoms with Crippen LogP contribution in [0.5, 0.6) is 5.75 Å². The van der Waals surface area contributed by atoms with E-state index in [1.807, 2.05) is 24.4 Å². The van der Waals surface area contributed by atoms with Gasteiger partial charge in [0.15, 0.2) is 0 Å². The molecule has 1 aromatic carbocycles. The Bertz CT molecular complexity index is 511. The van der Waals surface area contributed by atoms with Crippen LogP contribution in [-0.4, -0.2) is 12.6 Å². The molecule has 4 heteroatoms. The van der Waals surface area contributed by atoms with E-state index < -0.39 is 0 Å². The van der Waals surface area contributed by atoms with Crippen molar-refractivity contribution in [3.63, 3.8) is 0 Å². The van der Waals surface area contributed by atoms with Gasteiger partial charge in [-0.1, -0.05) is 6.07 Å². The van der Waals surface area contributed by atoms with Gasteiger partial charge >= 0.3 is 0 Å². The summed E-state index contributed by atoms with van der Waals surface area (Å²) in [6.07, 6.45) is 1.50. The van der Waals surface area contributed by atoms with Gasteiger partial charge in [-0.3, -0.25) is 0 Å². The van der Waals surface area contributed by atoms with E-state index in [0.29, 0.717) is 18.8 Å². The maximum absolute atomic E-state index is 13.5. The van der Waals surface area contributed by atoms with E-state index in [4.69, 9.17) is 10.5 Å². The van der Waals surface area contributed by atoms with Crippen molar-refractivity contribution in [2.45, 2.75) is 25.8 Å². The molecule has 1 unspecified atom stereocenters. The summed E-state index contributed by atoms with van der Waals surface area (Å²) in [7, 11) is 0. The first-order valence-electron chi connectivity index (χ1n) is 6.34. The van der Waals surface area contributed by atoms with E-state index in [-0.39, 0.29) is 11.9 Å². The molecule has 0 saturated heterocycles. The van der Waals surface area contributed by atoms with Crippen LogP contribution in [0.1, 0.15) is 17.4 Å². The maximum atomic E-state index is 13.5. The zero-order valence-electron chi connectivity index (χ0n) is 10.9. The summed E-state index contributed by atoms with van der Waals surface area (Å²) in [4.78, 5) is 1.27. The average Bonchev–Trinajstić information content (AvgIpc) is 2.80. The number of nitrogens with two attached hydrogens (primary N) is 1. The van der Waals surface area contributed by atoms with Crippen LogP contribution in [0.3, 0.4) is 0 Å². The van der Waals surface area contributed by atoms with Crippen molar-refractivity contribution in [1.29, 1.82) is 0 Å². The van der Waals surface area contributed by atoms with Gasteiger partial charge in [0, 0.05) is 23.4 Å². The van der Waals surface area contributed by atoms with Crippen LogP contribution in [-0.2, 0) is 12.8 Å². The first-order valence-corrected chi connectivity index (χ1v) is 7.21. The molecule has 1 atom stereocenters. The van der Waals surface area contributed by atoms with Crippen molar-refractivity contribution in [1.82, 2.24) is 0 Å². The molecule has 1 aromatic heterocycles. The molecule has 19 heavy (non-hydrogen) atoms. The van der Waals surface area contributed by atoms with Gasteiger partial charge in [-0.15, -0.1) is 11.3 Å². The van der Waals surface area contributed by atoms with Crippen molar-refractivity contribution in [3.8, 4) is 5.75 Å². The standard InChI is InChI=1S/C15H18FNOS/c1-11(17)7-12-8-13(16)10-14(9-12)18-5-4-15-3-2-6-19-15/h2-3,6,8-11H,4-5,7,17H2,1H3. The summed E-state index contributed by atoms with van der Waals surface area (Å²) in [5, 5.41) is 2.04. The highest BCUT2D eigenvalue weighted by Crippen LogP contribution is 2.18. The monoisotopic (exact) mass is 279 g/mol. The fourth-order valence-electron chi connectivity index (χ4n) is 1.92. The number of benzene rings is 1. The molecule has 0 amide bonds. The smallest absolute Gasteiger partial charge is 0.127 e. The molecule has 1 heterocycles. The summed E-state index contributed by atoms with van der Waals surface area (Å²) < 4.78 is 19.1. The third kappa shape index (κ3) is 4.65. The van der Waals surface area contributed by atoms with Gasteiger partial charge in [0.2, 0.25) is 0 Å². The average molecular weight is 279 g/mol. The lowest BCUT2D eigenvalue weighted by Crippen LogP contribution is -2.17. The van der Waals surface area contributed by atoms with Gasteiger partial charge in [0.1, 0.15) is 11.6 Å². The van der Waals surface area contributed by atoms with Gasteiger partial charge in [-0.05, 0) is 42.5 Å². The van der Waals surface area contributed by atoms with Crippen LogP contribution in [0.2, 0.25) is 0 Å². The van der Waals surface area contributed by atoms with E-state index in [9.17, 15) is 4.39 Å². The van der Waals surface area contributed by atoms with E-state index >= 15 is 0 Å². The number of hydrogen-bond donors (Lipinski definition) is 1. The second-order valence-electron chi connectivity index (χ2n) is 4.65. The minimum atomic E-state index is -0.274. The Morgan fingerprint density at radius 1 is 1.37 bits per heavy atom. The van der Waals surface area contributed by atoms with Crippen LogP contribution in [0.4, 0.5) is 4.39 Å². The Kier molecular flexibility index (Phi) is 4.93. The highest BCUT2D eigenvalue weighted by Gasteiger charge is 2.04. The lowest BCUT2D eigenvalue weighted by atomic mass is 10.1. The minimum Gasteiger partial charge on any atom is -0.493 e. The highest BCUT2D eigenvalue weighted by molar-refractivity contribution is 7.09. The normalized spacial score (nSPS) is 12.4. The second-order valence-corrected chi connectivity index (χ2v) is 5.69. The van der Waals surface area contributed by atoms with Gasteiger partial charge in [0.25, 0.3) is 0 Å². The van der Waals surface area contributed by atoms with Crippen LogP contribution < -0.4 is 10.5 Å². The lowest BCUT2D eigenvalue weighted by molar-refractivity contribution is 0.321. The zero-order chi connectivity index (χ0) is 13.7. The largest absolute Gasteiger partial charge is 0.493 e. The van der Waals surface area contributed by atoms with Crippen LogP contribution >= 0.6 is 11.3 Å². The molecule has 0 saturated carbocycles. The Hall–Kier alpha value is -1.39. The molecule has 0 aliphatic heterocycles. The third-order valence-electron chi connectivity index (χ3n) is 2.69. The number of thiophene rings is 1. The fraction of sp³-hybridized carbons (Fsp3) is 0.333. The Morgan fingerprint density at radius 3 is 2.89 bits per heavy atom. The lowest BCUT2D eigenvalue weighted by Gasteiger charge is -2.10. The molecule has 0 spiro atoms. The highest BCUT2D eigenvalue weighted by atomic mass is 32.1. The summed E-state index contributed by atoms with van der Waals surface area (Å²) in [6, 6.07) is 8.89. The number of halogens is 1. The SMILES string of the molecule is CC(N)Cc1cc(F)cc(OCCc2cccs2)c1. The molecule has 2 rings (SSSR count). The number of hydrogen-bond acceptors (Lipinski definition) is 3. The molecule has 0 aliphatic carbocycles. The van der Waals surface area contributed by atoms with E-state index in [2.05, 4.69) is 6.07 Å². The van der Waals surface area contributed by atoms with E-state index in [0.717, 1.165) is 12.0 Å². The van der Waals surface area contributed by atoms with E-state index in [1.165, 1.54) is 17.0 Å².